The highest BCUT2D eigenvalue weighted by Crippen LogP contribution is 2.35. The predicted octanol–water partition coefficient (Wildman–Crippen LogP) is 2.31. The quantitative estimate of drug-likeness (QED) is 0.671. The lowest BCUT2D eigenvalue weighted by molar-refractivity contribution is -0.113. The van der Waals surface area contributed by atoms with Crippen LogP contribution in [0.15, 0.2) is 65.9 Å². The summed E-state index contributed by atoms with van der Waals surface area (Å²) in [4.78, 5) is 13.0. The summed E-state index contributed by atoms with van der Waals surface area (Å²) in [6, 6.07) is 15.4. The maximum Gasteiger partial charge on any atom is 0.255 e. The highest BCUT2D eigenvalue weighted by atomic mass is 16.3. The first-order valence-corrected chi connectivity index (χ1v) is 8.04. The highest BCUT2D eigenvalue weighted by Gasteiger charge is 2.34. The SMILES string of the molecule is CC1=C(C(=O)Nc2ccccc2)C(c2cccc(O)c2)n2nnnc2N1. The van der Waals surface area contributed by atoms with E-state index in [-0.39, 0.29) is 11.7 Å². The smallest absolute Gasteiger partial charge is 0.255 e. The number of carbonyl (C=O) groups excluding carboxylic acids is 1. The van der Waals surface area contributed by atoms with Crippen LogP contribution in [0.25, 0.3) is 0 Å². The maximum absolute atomic E-state index is 13.0. The van der Waals surface area contributed by atoms with Gasteiger partial charge in [-0.2, -0.15) is 4.68 Å². The van der Waals surface area contributed by atoms with Crippen molar-refractivity contribution in [2.75, 3.05) is 10.6 Å². The zero-order valence-electron chi connectivity index (χ0n) is 13.9. The molecule has 130 valence electrons. The first-order chi connectivity index (χ1) is 12.6. The second-order valence-electron chi connectivity index (χ2n) is 5.93. The van der Waals surface area contributed by atoms with E-state index in [0.29, 0.717) is 28.5 Å². The Morgan fingerprint density at radius 2 is 2.00 bits per heavy atom. The molecular formula is C18H16N6O2. The first kappa shape index (κ1) is 15.8. The van der Waals surface area contributed by atoms with Gasteiger partial charge in [-0.1, -0.05) is 35.4 Å². The lowest BCUT2D eigenvalue weighted by Gasteiger charge is -2.28. The van der Waals surface area contributed by atoms with Crippen LogP contribution in [0.4, 0.5) is 11.6 Å². The Balaban J connectivity index is 1.78. The number of hydrogen-bond donors (Lipinski definition) is 3. The number of nitrogens with one attached hydrogen (secondary N) is 2. The molecule has 3 N–H and O–H groups in total. The number of fused-ring (bicyclic) bond motifs is 1. The van der Waals surface area contributed by atoms with Crippen LogP contribution in [0.3, 0.4) is 0 Å². The van der Waals surface area contributed by atoms with Gasteiger partial charge in [0.1, 0.15) is 11.8 Å². The van der Waals surface area contributed by atoms with Crippen LogP contribution in [-0.2, 0) is 4.79 Å². The van der Waals surface area contributed by atoms with E-state index in [9.17, 15) is 9.90 Å². The molecule has 0 aliphatic carbocycles. The number of hydrogen-bond acceptors (Lipinski definition) is 6. The minimum absolute atomic E-state index is 0.108. The Morgan fingerprint density at radius 3 is 2.77 bits per heavy atom. The Labute approximate surface area is 149 Å². The van der Waals surface area contributed by atoms with E-state index in [4.69, 9.17) is 0 Å². The van der Waals surface area contributed by atoms with Crippen LogP contribution in [0.5, 0.6) is 5.75 Å². The van der Waals surface area contributed by atoms with Crippen LogP contribution in [0, 0.1) is 0 Å². The zero-order valence-corrected chi connectivity index (χ0v) is 13.9. The Bertz CT molecular complexity index is 996. The molecule has 0 spiro atoms. The number of carbonyl (C=O) groups is 1. The number of rotatable bonds is 3. The van der Waals surface area contributed by atoms with E-state index in [1.54, 1.807) is 25.1 Å². The molecule has 1 atom stereocenters. The maximum atomic E-state index is 13.0. The number of benzene rings is 2. The third-order valence-electron chi connectivity index (χ3n) is 4.18. The Morgan fingerprint density at radius 1 is 1.19 bits per heavy atom. The van der Waals surface area contributed by atoms with Crippen LogP contribution in [0.2, 0.25) is 0 Å². The van der Waals surface area contributed by atoms with Gasteiger partial charge in [0.2, 0.25) is 5.95 Å². The van der Waals surface area contributed by atoms with Crippen molar-refractivity contribution in [1.29, 1.82) is 0 Å². The lowest BCUT2D eigenvalue weighted by Crippen LogP contribution is -2.31. The fourth-order valence-electron chi connectivity index (χ4n) is 3.03. The van der Waals surface area contributed by atoms with Gasteiger partial charge in [0.15, 0.2) is 0 Å². The number of aromatic nitrogens is 4. The van der Waals surface area contributed by atoms with Crippen LogP contribution in [-0.4, -0.2) is 31.2 Å². The van der Waals surface area contributed by atoms with Crippen LogP contribution < -0.4 is 10.6 Å². The number of phenols is 1. The number of allylic oxidation sites excluding steroid dienone is 1. The largest absolute Gasteiger partial charge is 0.508 e. The van der Waals surface area contributed by atoms with Crippen molar-refractivity contribution in [3.05, 3.63) is 71.4 Å². The molecule has 1 aromatic heterocycles. The highest BCUT2D eigenvalue weighted by molar-refractivity contribution is 6.06. The molecule has 0 radical (unpaired) electrons. The van der Waals surface area contributed by atoms with Gasteiger partial charge in [-0.25, -0.2) is 0 Å². The van der Waals surface area contributed by atoms with E-state index in [2.05, 4.69) is 26.2 Å². The molecule has 1 aliphatic rings. The second kappa shape index (κ2) is 6.32. The third kappa shape index (κ3) is 2.77. The van der Waals surface area contributed by atoms with Crippen LogP contribution in [0.1, 0.15) is 18.5 Å². The molecule has 0 bridgehead atoms. The number of nitrogens with zero attached hydrogens (tertiary/aromatic N) is 4. The number of phenolic OH excluding ortho intramolecular Hbond substituents is 1. The predicted molar refractivity (Wildman–Crippen MR) is 95.5 cm³/mol. The number of tetrazole rings is 1. The van der Waals surface area contributed by atoms with Gasteiger partial charge < -0.3 is 15.7 Å². The summed E-state index contributed by atoms with van der Waals surface area (Å²) in [5.74, 6) is 0.277. The van der Waals surface area contributed by atoms with Gasteiger partial charge in [-0.15, -0.1) is 0 Å². The molecule has 2 aromatic carbocycles. The summed E-state index contributed by atoms with van der Waals surface area (Å²) in [7, 11) is 0. The molecule has 3 aromatic rings. The molecule has 8 nitrogen and oxygen atoms in total. The van der Waals surface area contributed by atoms with E-state index in [1.165, 1.54) is 4.68 Å². The number of amides is 1. The molecular weight excluding hydrogens is 332 g/mol. The van der Waals surface area contributed by atoms with Gasteiger partial charge >= 0.3 is 0 Å². The fraction of sp³-hybridized carbons (Fsp3) is 0.111. The summed E-state index contributed by atoms with van der Waals surface area (Å²) < 4.78 is 1.53. The summed E-state index contributed by atoms with van der Waals surface area (Å²) >= 11 is 0. The van der Waals surface area contributed by atoms with Crippen molar-refractivity contribution in [3.8, 4) is 5.75 Å². The van der Waals surface area contributed by atoms with E-state index >= 15 is 0 Å². The standard InChI is InChI=1S/C18H16N6O2/c1-11-15(17(26)20-13-7-3-2-4-8-13)16(12-6-5-9-14(25)10-12)24-18(19-11)21-22-23-24/h2-10,16,25H,1H3,(H,20,26)(H,19,21,23). The molecule has 0 fully saturated rings. The molecule has 0 saturated heterocycles. The summed E-state index contributed by atoms with van der Waals surface area (Å²) in [5.41, 5.74) is 2.51. The average Bonchev–Trinajstić information content (AvgIpc) is 3.09. The molecule has 8 heteroatoms. The average molecular weight is 348 g/mol. The number of para-hydroxylation sites is 1. The van der Waals surface area contributed by atoms with Gasteiger partial charge in [0.25, 0.3) is 5.91 Å². The minimum atomic E-state index is -0.558. The zero-order chi connectivity index (χ0) is 18.1. The van der Waals surface area contributed by atoms with Gasteiger partial charge in [0.05, 0.1) is 5.57 Å². The molecule has 0 saturated carbocycles. The van der Waals surface area contributed by atoms with Crippen molar-refractivity contribution >= 4 is 17.5 Å². The van der Waals surface area contributed by atoms with Gasteiger partial charge in [-0.3, -0.25) is 4.79 Å². The van der Waals surface area contributed by atoms with Crippen molar-refractivity contribution in [2.45, 2.75) is 13.0 Å². The number of anilines is 2. The monoisotopic (exact) mass is 348 g/mol. The molecule has 2 heterocycles. The third-order valence-corrected chi connectivity index (χ3v) is 4.18. The van der Waals surface area contributed by atoms with Crippen molar-refractivity contribution < 1.29 is 9.90 Å². The Kier molecular flexibility index (Phi) is 3.85. The van der Waals surface area contributed by atoms with Crippen molar-refractivity contribution in [3.63, 3.8) is 0 Å². The van der Waals surface area contributed by atoms with Gasteiger partial charge in [0, 0.05) is 11.4 Å². The van der Waals surface area contributed by atoms with Crippen molar-refractivity contribution in [2.24, 2.45) is 0 Å². The van der Waals surface area contributed by atoms with Crippen molar-refractivity contribution in [1.82, 2.24) is 20.2 Å². The second-order valence-corrected chi connectivity index (χ2v) is 5.93. The lowest BCUT2D eigenvalue weighted by atomic mass is 9.95. The van der Waals surface area contributed by atoms with Crippen LogP contribution >= 0.6 is 0 Å². The topological polar surface area (TPSA) is 105 Å². The van der Waals surface area contributed by atoms with E-state index in [1.807, 2.05) is 36.4 Å². The minimum Gasteiger partial charge on any atom is -0.508 e. The summed E-state index contributed by atoms with van der Waals surface area (Å²) in [6.07, 6.45) is 0. The van der Waals surface area contributed by atoms with E-state index < -0.39 is 6.04 Å². The first-order valence-electron chi connectivity index (χ1n) is 8.04. The summed E-state index contributed by atoms with van der Waals surface area (Å²) in [5, 5.41) is 27.5. The fourth-order valence-corrected chi connectivity index (χ4v) is 3.03. The Hall–Kier alpha value is -3.68. The molecule has 1 aliphatic heterocycles. The van der Waals surface area contributed by atoms with E-state index in [0.717, 1.165) is 0 Å². The number of aromatic hydroxyl groups is 1. The molecule has 1 unspecified atom stereocenters. The molecule has 4 rings (SSSR count). The molecule has 1 amide bonds. The normalized spacial score (nSPS) is 16.0. The molecule has 26 heavy (non-hydrogen) atoms. The summed E-state index contributed by atoms with van der Waals surface area (Å²) in [6.45, 7) is 1.80. The van der Waals surface area contributed by atoms with Gasteiger partial charge in [-0.05, 0) is 47.2 Å².